The van der Waals surface area contributed by atoms with Gasteiger partial charge in [-0.15, -0.1) is 0 Å². The van der Waals surface area contributed by atoms with Crippen LogP contribution in [0.2, 0.25) is 10.0 Å². The highest BCUT2D eigenvalue weighted by atomic mass is 35.5. The lowest BCUT2D eigenvalue weighted by Crippen LogP contribution is -2.48. The molecule has 1 atom stereocenters. The Morgan fingerprint density at radius 3 is 2.53 bits per heavy atom. The van der Waals surface area contributed by atoms with Gasteiger partial charge >= 0.3 is 18.0 Å². The van der Waals surface area contributed by atoms with Crippen molar-refractivity contribution in [3.8, 4) is 0 Å². The van der Waals surface area contributed by atoms with E-state index in [1.165, 1.54) is 4.90 Å². The standard InChI is InChI=1S/C23H22Cl2N2O5/c1-14-19(22(30)32-13-15-7-3-2-4-8-15)21(16-9-5-10-17(24)20(16)25)26-23(31)27(14)12-6-11-18(28)29/h2-5,7-10,21H,6,11-13H2,1H3,(H,26,31)(H,28,29). The van der Waals surface area contributed by atoms with Gasteiger partial charge in [-0.1, -0.05) is 65.7 Å². The highest BCUT2D eigenvalue weighted by molar-refractivity contribution is 6.42. The smallest absolute Gasteiger partial charge is 0.338 e. The van der Waals surface area contributed by atoms with E-state index in [1.54, 1.807) is 25.1 Å². The number of aliphatic carboxylic acids is 1. The zero-order chi connectivity index (χ0) is 23.3. The number of allylic oxidation sites excluding steroid dienone is 1. The van der Waals surface area contributed by atoms with Crippen LogP contribution in [0.15, 0.2) is 59.8 Å². The van der Waals surface area contributed by atoms with Gasteiger partial charge in [0.2, 0.25) is 0 Å². The number of nitrogens with zero attached hydrogens (tertiary/aromatic N) is 1. The van der Waals surface area contributed by atoms with E-state index in [-0.39, 0.29) is 41.6 Å². The first-order valence-electron chi connectivity index (χ1n) is 9.95. The first-order chi connectivity index (χ1) is 15.3. The molecular formula is C23H22Cl2N2O5. The number of halogens is 2. The Bertz CT molecular complexity index is 1060. The lowest BCUT2D eigenvalue weighted by Gasteiger charge is -2.35. The molecule has 0 saturated carbocycles. The summed E-state index contributed by atoms with van der Waals surface area (Å²) in [6.45, 7) is 1.82. The van der Waals surface area contributed by atoms with E-state index >= 15 is 0 Å². The topological polar surface area (TPSA) is 95.9 Å². The largest absolute Gasteiger partial charge is 0.481 e. The van der Waals surface area contributed by atoms with Crippen molar-refractivity contribution < 1.29 is 24.2 Å². The summed E-state index contributed by atoms with van der Waals surface area (Å²) in [5.74, 6) is -1.58. The molecule has 32 heavy (non-hydrogen) atoms. The van der Waals surface area contributed by atoms with E-state index < -0.39 is 24.0 Å². The lowest BCUT2D eigenvalue weighted by atomic mass is 9.94. The van der Waals surface area contributed by atoms with Crippen molar-refractivity contribution in [3.05, 3.63) is 81.0 Å². The fourth-order valence-electron chi connectivity index (χ4n) is 3.48. The predicted molar refractivity (Wildman–Crippen MR) is 120 cm³/mol. The van der Waals surface area contributed by atoms with E-state index in [0.29, 0.717) is 11.3 Å². The van der Waals surface area contributed by atoms with Gasteiger partial charge in [0.1, 0.15) is 6.61 Å². The molecule has 0 aliphatic carbocycles. The number of benzene rings is 2. The molecule has 1 unspecified atom stereocenters. The summed E-state index contributed by atoms with van der Waals surface area (Å²) in [5.41, 5.74) is 1.86. The maximum absolute atomic E-state index is 13.2. The minimum atomic E-state index is -0.963. The van der Waals surface area contributed by atoms with Gasteiger partial charge in [0.15, 0.2) is 0 Å². The summed E-state index contributed by atoms with van der Waals surface area (Å²) < 4.78 is 5.54. The highest BCUT2D eigenvalue weighted by Gasteiger charge is 2.37. The number of amides is 2. The molecule has 1 heterocycles. The van der Waals surface area contributed by atoms with Gasteiger partial charge in [0.05, 0.1) is 21.7 Å². The third kappa shape index (κ3) is 5.41. The molecule has 0 radical (unpaired) electrons. The first kappa shape index (κ1) is 23.6. The fourth-order valence-corrected chi connectivity index (χ4v) is 3.90. The van der Waals surface area contributed by atoms with E-state index in [2.05, 4.69) is 5.32 Å². The van der Waals surface area contributed by atoms with Crippen LogP contribution in [-0.4, -0.2) is 34.5 Å². The quantitative estimate of drug-likeness (QED) is 0.525. The van der Waals surface area contributed by atoms with Crippen molar-refractivity contribution in [2.45, 2.75) is 32.4 Å². The fraction of sp³-hybridized carbons (Fsp3) is 0.261. The maximum atomic E-state index is 13.2. The minimum Gasteiger partial charge on any atom is -0.481 e. The van der Waals surface area contributed by atoms with Gasteiger partial charge in [-0.2, -0.15) is 0 Å². The number of hydrogen-bond acceptors (Lipinski definition) is 4. The van der Waals surface area contributed by atoms with Crippen molar-refractivity contribution in [1.29, 1.82) is 0 Å². The van der Waals surface area contributed by atoms with Gasteiger partial charge in [-0.05, 0) is 30.5 Å². The Balaban J connectivity index is 1.95. The molecular weight excluding hydrogens is 455 g/mol. The van der Waals surface area contributed by atoms with Crippen LogP contribution in [0.3, 0.4) is 0 Å². The van der Waals surface area contributed by atoms with E-state index in [1.807, 2.05) is 30.3 Å². The second kappa shape index (κ2) is 10.5. The van der Waals surface area contributed by atoms with E-state index in [0.717, 1.165) is 5.56 Å². The summed E-state index contributed by atoms with van der Waals surface area (Å²) in [4.78, 5) is 38.2. The molecule has 0 aromatic heterocycles. The van der Waals surface area contributed by atoms with Crippen molar-refractivity contribution in [2.24, 2.45) is 0 Å². The monoisotopic (exact) mass is 476 g/mol. The Kier molecular flexibility index (Phi) is 7.77. The minimum absolute atomic E-state index is 0.0550. The zero-order valence-electron chi connectivity index (χ0n) is 17.3. The molecule has 0 bridgehead atoms. The summed E-state index contributed by atoms with van der Waals surface area (Å²) in [6.07, 6.45) is 0.128. The predicted octanol–water partition coefficient (Wildman–Crippen LogP) is 4.94. The lowest BCUT2D eigenvalue weighted by molar-refractivity contribution is -0.141. The van der Waals surface area contributed by atoms with Crippen LogP contribution in [0.4, 0.5) is 4.79 Å². The summed E-state index contributed by atoms with van der Waals surface area (Å²) in [5, 5.41) is 12.2. The van der Waals surface area contributed by atoms with Crippen LogP contribution in [0.1, 0.15) is 36.9 Å². The number of urea groups is 1. The summed E-state index contributed by atoms with van der Waals surface area (Å²) >= 11 is 12.5. The summed E-state index contributed by atoms with van der Waals surface area (Å²) in [7, 11) is 0. The second-order valence-electron chi connectivity index (χ2n) is 7.24. The molecule has 2 aromatic rings. The number of ether oxygens (including phenoxy) is 1. The first-order valence-corrected chi connectivity index (χ1v) is 10.7. The molecule has 1 aliphatic heterocycles. The van der Waals surface area contributed by atoms with Crippen LogP contribution in [-0.2, 0) is 20.9 Å². The number of carboxylic acids is 1. The molecule has 3 rings (SSSR count). The van der Waals surface area contributed by atoms with Crippen LogP contribution in [0.5, 0.6) is 0 Å². The van der Waals surface area contributed by atoms with Crippen LogP contribution >= 0.6 is 23.2 Å². The molecule has 2 N–H and O–H groups in total. The molecule has 1 aliphatic rings. The number of hydrogen-bond donors (Lipinski definition) is 2. The second-order valence-corrected chi connectivity index (χ2v) is 8.02. The SMILES string of the molecule is CC1=C(C(=O)OCc2ccccc2)C(c2cccc(Cl)c2Cl)NC(=O)N1CCCC(=O)O. The van der Waals surface area contributed by atoms with Gasteiger partial charge in [0, 0.05) is 18.7 Å². The number of carbonyl (C=O) groups excluding carboxylic acids is 2. The number of carbonyl (C=O) groups is 3. The van der Waals surface area contributed by atoms with Crippen LogP contribution in [0, 0.1) is 0 Å². The molecule has 2 amide bonds. The number of nitrogens with one attached hydrogen (secondary N) is 1. The molecule has 9 heteroatoms. The van der Waals surface area contributed by atoms with Crippen molar-refractivity contribution in [3.63, 3.8) is 0 Å². The van der Waals surface area contributed by atoms with Crippen molar-refractivity contribution in [1.82, 2.24) is 10.2 Å². The number of carboxylic acid groups (broad SMARTS) is 1. The third-order valence-corrected chi connectivity index (χ3v) is 5.93. The Hall–Kier alpha value is -3.03. The number of esters is 1. The molecule has 168 valence electrons. The van der Waals surface area contributed by atoms with Gasteiger partial charge in [-0.3, -0.25) is 9.69 Å². The van der Waals surface area contributed by atoms with Crippen molar-refractivity contribution >= 4 is 41.2 Å². The Labute approximate surface area is 195 Å². The van der Waals surface area contributed by atoms with Crippen LogP contribution < -0.4 is 5.32 Å². The molecule has 0 spiro atoms. The number of rotatable bonds is 8. The third-order valence-electron chi connectivity index (χ3n) is 5.09. The van der Waals surface area contributed by atoms with Gasteiger partial charge < -0.3 is 15.2 Å². The Morgan fingerprint density at radius 1 is 1.12 bits per heavy atom. The van der Waals surface area contributed by atoms with Crippen LogP contribution in [0.25, 0.3) is 0 Å². The van der Waals surface area contributed by atoms with Gasteiger partial charge in [0.25, 0.3) is 0 Å². The average Bonchev–Trinajstić information content (AvgIpc) is 2.76. The molecule has 0 fully saturated rings. The highest BCUT2D eigenvalue weighted by Crippen LogP contribution is 2.37. The average molecular weight is 477 g/mol. The molecule has 7 nitrogen and oxygen atoms in total. The van der Waals surface area contributed by atoms with E-state index in [4.69, 9.17) is 33.0 Å². The van der Waals surface area contributed by atoms with Gasteiger partial charge in [-0.25, -0.2) is 9.59 Å². The summed E-state index contributed by atoms with van der Waals surface area (Å²) in [6, 6.07) is 12.8. The van der Waals surface area contributed by atoms with Crippen molar-refractivity contribution in [2.75, 3.05) is 6.54 Å². The molecule has 2 aromatic carbocycles. The normalized spacial score (nSPS) is 16.0. The Morgan fingerprint density at radius 2 is 1.84 bits per heavy atom. The zero-order valence-corrected chi connectivity index (χ0v) is 18.8. The molecule has 0 saturated heterocycles. The van der Waals surface area contributed by atoms with E-state index in [9.17, 15) is 14.4 Å². The maximum Gasteiger partial charge on any atom is 0.338 e.